The molecule has 0 unspecified atom stereocenters. The lowest BCUT2D eigenvalue weighted by molar-refractivity contribution is -0.384. The number of nitro groups is 1. The zero-order valence-electron chi connectivity index (χ0n) is 15.8. The number of carbonyl (C=O) groups is 2. The summed E-state index contributed by atoms with van der Waals surface area (Å²) in [4.78, 5) is 40.0. The second-order valence-corrected chi connectivity index (χ2v) is 7.53. The molecule has 2 heterocycles. The van der Waals surface area contributed by atoms with E-state index in [1.54, 1.807) is 0 Å². The monoisotopic (exact) mass is 429 g/mol. The maximum Gasteiger partial charge on any atom is 0.282 e. The van der Waals surface area contributed by atoms with Crippen LogP contribution in [0.2, 0.25) is 5.02 Å². The van der Waals surface area contributed by atoms with E-state index in [0.29, 0.717) is 18.7 Å². The van der Waals surface area contributed by atoms with Crippen molar-refractivity contribution in [3.05, 3.63) is 74.7 Å². The number of carbonyl (C=O) groups excluding carboxylic acids is 2. The lowest BCUT2D eigenvalue weighted by Crippen LogP contribution is -2.37. The SMILES string of the molecule is O=C1C(c2ccc([N+](=O)[O-])cc2)=C(N2CCCCC2)C(=O)N1c1ccc(F)c(Cl)c1. The van der Waals surface area contributed by atoms with Gasteiger partial charge in [0.2, 0.25) is 0 Å². The molecule has 0 radical (unpaired) electrons. The minimum absolute atomic E-state index is 0.113. The average Bonchev–Trinajstić information content (AvgIpc) is 3.01. The zero-order valence-corrected chi connectivity index (χ0v) is 16.6. The fraction of sp³-hybridized carbons (Fsp3) is 0.238. The van der Waals surface area contributed by atoms with Crippen molar-refractivity contribution >= 4 is 40.4 Å². The summed E-state index contributed by atoms with van der Waals surface area (Å²) >= 11 is 5.86. The van der Waals surface area contributed by atoms with Crippen LogP contribution in [0.1, 0.15) is 24.8 Å². The van der Waals surface area contributed by atoms with Crippen LogP contribution in [-0.2, 0) is 9.59 Å². The number of nitro benzene ring substituents is 1. The zero-order chi connectivity index (χ0) is 21.4. The Labute approximate surface area is 176 Å². The first-order valence-electron chi connectivity index (χ1n) is 9.46. The van der Waals surface area contributed by atoms with Gasteiger partial charge in [-0.05, 0) is 55.2 Å². The van der Waals surface area contributed by atoms with Crippen molar-refractivity contribution in [2.45, 2.75) is 19.3 Å². The van der Waals surface area contributed by atoms with Crippen molar-refractivity contribution in [2.24, 2.45) is 0 Å². The molecule has 9 heteroatoms. The minimum atomic E-state index is -0.653. The number of non-ortho nitro benzene ring substituents is 1. The van der Waals surface area contributed by atoms with Crippen LogP contribution in [0.25, 0.3) is 5.57 Å². The van der Waals surface area contributed by atoms with Gasteiger partial charge in [-0.15, -0.1) is 0 Å². The molecule has 0 saturated carbocycles. The molecule has 0 N–H and O–H groups in total. The third-order valence-corrected chi connectivity index (χ3v) is 5.55. The van der Waals surface area contributed by atoms with E-state index in [1.807, 2.05) is 4.90 Å². The normalized spacial score (nSPS) is 17.1. The van der Waals surface area contributed by atoms with E-state index < -0.39 is 22.6 Å². The maximum absolute atomic E-state index is 13.6. The number of imide groups is 1. The Hall–Kier alpha value is -3.26. The third kappa shape index (κ3) is 3.43. The molecule has 2 aliphatic rings. The van der Waals surface area contributed by atoms with Crippen LogP contribution < -0.4 is 4.90 Å². The Kier molecular flexibility index (Phi) is 5.26. The number of hydrogen-bond donors (Lipinski definition) is 0. The van der Waals surface area contributed by atoms with Crippen LogP contribution in [-0.4, -0.2) is 34.7 Å². The van der Waals surface area contributed by atoms with Crippen LogP contribution in [0.4, 0.5) is 15.8 Å². The topological polar surface area (TPSA) is 83.8 Å². The Bertz CT molecular complexity index is 1080. The molecule has 0 spiro atoms. The number of rotatable bonds is 4. The summed E-state index contributed by atoms with van der Waals surface area (Å²) in [5.74, 6) is -1.74. The number of anilines is 1. The highest BCUT2D eigenvalue weighted by molar-refractivity contribution is 6.45. The van der Waals surface area contributed by atoms with Crippen LogP contribution >= 0.6 is 11.6 Å². The van der Waals surface area contributed by atoms with Crippen molar-refractivity contribution in [3.63, 3.8) is 0 Å². The number of nitrogens with zero attached hydrogens (tertiary/aromatic N) is 3. The molecule has 30 heavy (non-hydrogen) atoms. The van der Waals surface area contributed by atoms with Gasteiger partial charge < -0.3 is 4.90 Å². The average molecular weight is 430 g/mol. The minimum Gasteiger partial charge on any atom is -0.366 e. The Balaban J connectivity index is 1.81. The molecule has 1 saturated heterocycles. The van der Waals surface area contributed by atoms with Crippen LogP contribution in [0.5, 0.6) is 0 Å². The number of amides is 2. The second-order valence-electron chi connectivity index (χ2n) is 7.12. The highest BCUT2D eigenvalue weighted by Gasteiger charge is 2.42. The fourth-order valence-corrected chi connectivity index (χ4v) is 3.97. The highest BCUT2D eigenvalue weighted by Crippen LogP contribution is 2.37. The van der Waals surface area contributed by atoms with E-state index in [-0.39, 0.29) is 27.7 Å². The summed E-state index contributed by atoms with van der Waals surface area (Å²) in [7, 11) is 0. The van der Waals surface area contributed by atoms with E-state index in [1.165, 1.54) is 36.4 Å². The van der Waals surface area contributed by atoms with Crippen molar-refractivity contribution < 1.29 is 18.9 Å². The predicted molar refractivity (Wildman–Crippen MR) is 109 cm³/mol. The first-order valence-corrected chi connectivity index (χ1v) is 9.84. The molecule has 7 nitrogen and oxygen atoms in total. The summed E-state index contributed by atoms with van der Waals surface area (Å²) in [5, 5.41) is 10.8. The molecule has 1 fully saturated rings. The first-order chi connectivity index (χ1) is 14.4. The summed E-state index contributed by atoms with van der Waals surface area (Å²) in [6.07, 6.45) is 2.82. The quantitative estimate of drug-likeness (QED) is 0.414. The van der Waals surface area contributed by atoms with Crippen LogP contribution in [0, 0.1) is 15.9 Å². The summed E-state index contributed by atoms with van der Waals surface area (Å²) in [6.45, 7) is 1.26. The van der Waals surface area contributed by atoms with Gasteiger partial charge in [-0.3, -0.25) is 19.7 Å². The fourth-order valence-electron chi connectivity index (χ4n) is 3.80. The second kappa shape index (κ2) is 7.87. The van der Waals surface area contributed by atoms with Gasteiger partial charge >= 0.3 is 0 Å². The molecule has 154 valence electrons. The molecular weight excluding hydrogens is 413 g/mol. The van der Waals surface area contributed by atoms with Crippen molar-refractivity contribution in [2.75, 3.05) is 18.0 Å². The van der Waals surface area contributed by atoms with E-state index >= 15 is 0 Å². The van der Waals surface area contributed by atoms with Gasteiger partial charge in [0, 0.05) is 25.2 Å². The van der Waals surface area contributed by atoms with Gasteiger partial charge in [0.1, 0.15) is 11.5 Å². The highest BCUT2D eigenvalue weighted by atomic mass is 35.5. The van der Waals surface area contributed by atoms with Gasteiger partial charge in [0.15, 0.2) is 0 Å². The van der Waals surface area contributed by atoms with Gasteiger partial charge in [-0.1, -0.05) is 11.6 Å². The molecule has 4 rings (SSSR count). The molecule has 0 aromatic heterocycles. The summed E-state index contributed by atoms with van der Waals surface area (Å²) < 4.78 is 13.6. The van der Waals surface area contributed by atoms with Crippen molar-refractivity contribution in [1.29, 1.82) is 0 Å². The number of likely N-dealkylation sites (tertiary alicyclic amines) is 1. The van der Waals surface area contributed by atoms with Crippen molar-refractivity contribution in [3.8, 4) is 0 Å². The number of piperidine rings is 1. The Morgan fingerprint density at radius 3 is 2.23 bits per heavy atom. The van der Waals surface area contributed by atoms with Gasteiger partial charge in [0.25, 0.3) is 17.5 Å². The number of benzene rings is 2. The first kappa shape index (κ1) is 20.0. The largest absolute Gasteiger partial charge is 0.366 e. The number of halogens is 2. The van der Waals surface area contributed by atoms with E-state index in [0.717, 1.165) is 30.2 Å². The molecule has 0 atom stereocenters. The molecular formula is C21H17ClFN3O4. The molecule has 2 aliphatic heterocycles. The third-order valence-electron chi connectivity index (χ3n) is 5.26. The van der Waals surface area contributed by atoms with Crippen LogP contribution in [0.15, 0.2) is 48.2 Å². The Morgan fingerprint density at radius 1 is 0.967 bits per heavy atom. The molecule has 0 bridgehead atoms. The molecule has 2 aromatic rings. The van der Waals surface area contributed by atoms with E-state index in [2.05, 4.69) is 0 Å². The lowest BCUT2D eigenvalue weighted by Gasteiger charge is -2.29. The van der Waals surface area contributed by atoms with Gasteiger partial charge in [0.05, 0.1) is 21.2 Å². The van der Waals surface area contributed by atoms with Crippen molar-refractivity contribution in [1.82, 2.24) is 4.90 Å². The van der Waals surface area contributed by atoms with Gasteiger partial charge in [-0.2, -0.15) is 0 Å². The van der Waals surface area contributed by atoms with E-state index in [4.69, 9.17) is 11.6 Å². The smallest absolute Gasteiger partial charge is 0.282 e. The lowest BCUT2D eigenvalue weighted by atomic mass is 10.0. The summed E-state index contributed by atoms with van der Waals surface area (Å²) in [5.41, 5.74) is 0.905. The maximum atomic E-state index is 13.6. The van der Waals surface area contributed by atoms with E-state index in [9.17, 15) is 24.1 Å². The molecule has 2 amide bonds. The van der Waals surface area contributed by atoms with Gasteiger partial charge in [-0.25, -0.2) is 9.29 Å². The summed E-state index contributed by atoms with van der Waals surface area (Å²) in [6, 6.07) is 9.18. The Morgan fingerprint density at radius 2 is 1.63 bits per heavy atom. The number of hydrogen-bond acceptors (Lipinski definition) is 5. The molecule has 2 aromatic carbocycles. The molecule has 0 aliphatic carbocycles. The van der Waals surface area contributed by atoms with Crippen LogP contribution in [0.3, 0.4) is 0 Å². The predicted octanol–water partition coefficient (Wildman–Crippen LogP) is 4.16. The standard InChI is InChI=1S/C21H17ClFN3O4/c22-16-12-15(8-9-17(16)23)25-20(27)18(13-4-6-14(7-5-13)26(29)30)19(21(25)28)24-10-2-1-3-11-24/h4-9,12H,1-3,10-11H2.